The third-order valence-electron chi connectivity index (χ3n) is 6.38. The first-order chi connectivity index (χ1) is 9.53. The second-order valence-corrected chi connectivity index (χ2v) is 6.85. The molecular formula is C10H16N4O6. The molecule has 2 aliphatic heterocycles. The van der Waals surface area contributed by atoms with Gasteiger partial charge in [0.05, 0.1) is 0 Å². The summed E-state index contributed by atoms with van der Waals surface area (Å²) in [6.45, 7) is 0.136. The molecule has 0 aromatic carbocycles. The van der Waals surface area contributed by atoms with Crippen LogP contribution < -0.4 is 20.9 Å². The molecule has 11 atom stereocenters. The highest BCUT2D eigenvalue weighted by Crippen LogP contribution is 2.63. The number of fused-ring (bicyclic) bond motifs is 9. The van der Waals surface area contributed by atoms with Crippen LogP contribution in [0, 0.1) is 44.5 Å². The van der Waals surface area contributed by atoms with E-state index >= 15 is 0 Å². The van der Waals surface area contributed by atoms with E-state index in [4.69, 9.17) is 9.88 Å². The van der Waals surface area contributed by atoms with E-state index in [-0.39, 0.29) is 42.3 Å². The monoisotopic (exact) mass is 288 g/mol. The molecule has 3 aliphatic carbocycles. The minimum absolute atomic E-state index is 0.00356. The summed E-state index contributed by atoms with van der Waals surface area (Å²) in [6.07, 6.45) is 1.44. The van der Waals surface area contributed by atoms with Crippen molar-refractivity contribution in [2.75, 3.05) is 6.54 Å². The van der Waals surface area contributed by atoms with E-state index in [1.54, 1.807) is 0 Å². The number of hydrogen-bond acceptors (Lipinski definition) is 6. The summed E-state index contributed by atoms with van der Waals surface area (Å²) in [5, 5.41) is 45.3. The van der Waals surface area contributed by atoms with Crippen molar-refractivity contribution in [3.05, 3.63) is 20.8 Å². The highest BCUT2D eigenvalue weighted by molar-refractivity contribution is 5.18. The molecule has 5 aliphatic rings. The third-order valence-corrected chi connectivity index (χ3v) is 6.38. The van der Waals surface area contributed by atoms with Crippen LogP contribution in [-0.4, -0.2) is 24.2 Å². The Morgan fingerprint density at radius 2 is 1.65 bits per heavy atom. The molecule has 1 spiro atoms. The van der Waals surface area contributed by atoms with E-state index in [0.29, 0.717) is 6.42 Å². The fourth-order valence-corrected chi connectivity index (χ4v) is 5.86. The van der Waals surface area contributed by atoms with Crippen molar-refractivity contribution in [1.29, 1.82) is 0 Å². The normalized spacial score (nSPS) is 70.2. The number of rotatable bonds is 0. The van der Waals surface area contributed by atoms with Crippen LogP contribution in [0.4, 0.5) is 0 Å². The van der Waals surface area contributed by atoms with E-state index in [2.05, 4.69) is 0 Å². The summed E-state index contributed by atoms with van der Waals surface area (Å²) in [5.74, 6) is 0.425. The molecule has 4 N–H and O–H groups in total. The van der Waals surface area contributed by atoms with Crippen molar-refractivity contribution in [1.82, 2.24) is 0 Å². The van der Waals surface area contributed by atoms with Crippen LogP contribution in [0.15, 0.2) is 0 Å². The SMILES string of the molecule is [O-][NH+]1CC2(CC3CC2C2C3C3C2[NH+]([O-])O[NH+]3[O-])[NH+]([O-])O1. The Morgan fingerprint density at radius 1 is 0.950 bits per heavy atom. The quantitative estimate of drug-likeness (QED) is 0.328. The summed E-state index contributed by atoms with van der Waals surface area (Å²) in [5.41, 5.74) is -0.722. The predicted molar refractivity (Wildman–Crippen MR) is 57.9 cm³/mol. The average Bonchev–Trinajstić information content (AvgIpc) is 2.94. The third kappa shape index (κ3) is 1.13. The van der Waals surface area contributed by atoms with Crippen molar-refractivity contribution in [3.8, 4) is 0 Å². The summed E-state index contributed by atoms with van der Waals surface area (Å²) in [7, 11) is 0. The Bertz CT molecular complexity index is 463. The Hall–Kier alpha value is -0.400. The van der Waals surface area contributed by atoms with E-state index in [1.807, 2.05) is 0 Å². The van der Waals surface area contributed by atoms with Gasteiger partial charge in [0.25, 0.3) is 0 Å². The second kappa shape index (κ2) is 3.50. The van der Waals surface area contributed by atoms with Crippen molar-refractivity contribution in [3.63, 3.8) is 0 Å². The minimum atomic E-state index is -0.722. The zero-order valence-corrected chi connectivity index (χ0v) is 10.5. The molecule has 2 heterocycles. The molecule has 2 saturated heterocycles. The maximum Gasteiger partial charge on any atom is 0.188 e. The molecule has 10 heteroatoms. The van der Waals surface area contributed by atoms with Gasteiger partial charge in [0.2, 0.25) is 0 Å². The topological polar surface area (TPSA) is 128 Å². The number of nitrogens with one attached hydrogen (secondary N) is 4. The average molecular weight is 288 g/mol. The molecule has 0 amide bonds. The van der Waals surface area contributed by atoms with E-state index < -0.39 is 26.4 Å². The van der Waals surface area contributed by atoms with Gasteiger partial charge >= 0.3 is 0 Å². The van der Waals surface area contributed by atoms with Crippen molar-refractivity contribution < 1.29 is 30.8 Å². The molecule has 5 fully saturated rings. The van der Waals surface area contributed by atoms with E-state index in [1.165, 1.54) is 0 Å². The molecule has 112 valence electrons. The first-order valence-corrected chi connectivity index (χ1v) is 7.03. The zero-order chi connectivity index (χ0) is 13.8. The van der Waals surface area contributed by atoms with Gasteiger partial charge in [0.1, 0.15) is 0 Å². The molecule has 2 bridgehead atoms. The Labute approximate surface area is 113 Å². The van der Waals surface area contributed by atoms with Gasteiger partial charge in [-0.15, -0.1) is 0 Å². The maximum atomic E-state index is 12.1. The molecule has 0 radical (unpaired) electrons. The molecule has 10 nitrogen and oxygen atoms in total. The smallest absolute Gasteiger partial charge is 0.188 e. The summed E-state index contributed by atoms with van der Waals surface area (Å²) >= 11 is 0. The minimum Gasteiger partial charge on any atom is -0.595 e. The first kappa shape index (κ1) is 12.2. The van der Waals surface area contributed by atoms with Gasteiger partial charge in [0, 0.05) is 24.2 Å². The molecule has 0 aromatic heterocycles. The van der Waals surface area contributed by atoms with E-state index in [0.717, 1.165) is 6.42 Å². The largest absolute Gasteiger partial charge is 0.595 e. The van der Waals surface area contributed by atoms with Gasteiger partial charge in [-0.05, 0) is 22.2 Å². The zero-order valence-electron chi connectivity index (χ0n) is 10.5. The van der Waals surface area contributed by atoms with Crippen LogP contribution in [0.1, 0.15) is 12.8 Å². The first-order valence-electron chi connectivity index (χ1n) is 7.03. The van der Waals surface area contributed by atoms with Crippen LogP contribution in [0.3, 0.4) is 0 Å². The fraction of sp³-hybridized carbons (Fsp3) is 1.00. The van der Waals surface area contributed by atoms with Crippen LogP contribution >= 0.6 is 0 Å². The Morgan fingerprint density at radius 3 is 2.30 bits per heavy atom. The lowest BCUT2D eigenvalue weighted by molar-refractivity contribution is -1.28. The Balaban J connectivity index is 1.49. The highest BCUT2D eigenvalue weighted by atomic mass is 17.1. The van der Waals surface area contributed by atoms with Crippen LogP contribution in [0.25, 0.3) is 0 Å². The molecule has 11 unspecified atom stereocenters. The lowest BCUT2D eigenvalue weighted by atomic mass is 9.55. The standard InChI is InChI=1S/C10H16N4O6/c15-11-3-10(14(18)19-11)2-4-1-5(10)7-6(4)8-9(7)13(17)20-12(8)16/h4-9,11-14H,1-3H2. The van der Waals surface area contributed by atoms with Crippen molar-refractivity contribution in [2.45, 2.75) is 30.5 Å². The maximum absolute atomic E-state index is 12.1. The van der Waals surface area contributed by atoms with Gasteiger partial charge < -0.3 is 20.8 Å². The van der Waals surface area contributed by atoms with Gasteiger partial charge in [-0.3, -0.25) is 0 Å². The van der Waals surface area contributed by atoms with Gasteiger partial charge in [0.15, 0.2) is 24.2 Å². The van der Waals surface area contributed by atoms with Gasteiger partial charge in [-0.25, -0.2) is 0 Å². The molecule has 0 aromatic rings. The Kier molecular flexibility index (Phi) is 2.13. The van der Waals surface area contributed by atoms with Crippen molar-refractivity contribution in [2.24, 2.45) is 23.7 Å². The molecule has 3 saturated carbocycles. The number of hydrogen-bond donors (Lipinski definition) is 4. The summed E-state index contributed by atoms with van der Waals surface area (Å²) < 4.78 is 0. The molecule has 5 rings (SSSR count). The highest BCUT2D eigenvalue weighted by Gasteiger charge is 2.81. The van der Waals surface area contributed by atoms with Gasteiger partial charge in [-0.2, -0.15) is 20.9 Å². The fourth-order valence-electron chi connectivity index (χ4n) is 5.86. The number of hydroxylamine groups is 8. The van der Waals surface area contributed by atoms with E-state index in [9.17, 15) is 20.8 Å². The predicted octanol–water partition coefficient (Wildman–Crippen LogP) is -6.00. The van der Waals surface area contributed by atoms with Crippen LogP contribution in [0.2, 0.25) is 0 Å². The summed E-state index contributed by atoms with van der Waals surface area (Å²) in [6, 6.07) is -0.684. The number of quaternary nitrogens is 4. The van der Waals surface area contributed by atoms with Gasteiger partial charge in [-0.1, -0.05) is 0 Å². The molecule has 20 heavy (non-hydrogen) atoms. The molecular weight excluding hydrogens is 272 g/mol. The lowest BCUT2D eigenvalue weighted by Crippen LogP contribution is -3.20. The van der Waals surface area contributed by atoms with Crippen molar-refractivity contribution >= 4 is 0 Å². The summed E-state index contributed by atoms with van der Waals surface area (Å²) in [4.78, 5) is 9.50. The lowest BCUT2D eigenvalue weighted by Gasteiger charge is -2.51. The van der Waals surface area contributed by atoms with Crippen LogP contribution in [0.5, 0.6) is 0 Å². The second-order valence-electron chi connectivity index (χ2n) is 6.85. The van der Waals surface area contributed by atoms with Crippen LogP contribution in [-0.2, 0) is 9.88 Å².